The van der Waals surface area contributed by atoms with Crippen LogP contribution < -0.4 is 5.32 Å². The number of hydrogen-bond acceptors (Lipinski definition) is 4. The average molecular weight is 307 g/mol. The molecule has 116 valence electrons. The average Bonchev–Trinajstić information content (AvgIpc) is 2.98. The van der Waals surface area contributed by atoms with E-state index in [0.29, 0.717) is 24.4 Å². The monoisotopic (exact) mass is 307 g/mol. The highest BCUT2D eigenvalue weighted by atomic mass is 16.2. The number of pyridine rings is 1. The van der Waals surface area contributed by atoms with E-state index in [9.17, 15) is 4.79 Å². The normalized spacial score (nSPS) is 10.5. The molecular formula is C17H17N5O. The molecule has 0 aliphatic heterocycles. The molecule has 6 nitrogen and oxygen atoms in total. The Morgan fingerprint density at radius 2 is 1.87 bits per heavy atom. The lowest BCUT2D eigenvalue weighted by Gasteiger charge is -2.03. The molecule has 3 aromatic rings. The van der Waals surface area contributed by atoms with Crippen molar-refractivity contribution in [2.45, 2.75) is 13.3 Å². The Hall–Kier alpha value is -3.02. The van der Waals surface area contributed by atoms with Gasteiger partial charge in [-0.25, -0.2) is 0 Å². The Morgan fingerprint density at radius 1 is 1.09 bits per heavy atom. The maximum atomic E-state index is 12.3. The number of benzene rings is 1. The Balaban J connectivity index is 1.65. The molecule has 0 aliphatic rings. The van der Waals surface area contributed by atoms with Crippen LogP contribution in [0.1, 0.15) is 21.9 Å². The number of carbonyl (C=O) groups is 1. The van der Waals surface area contributed by atoms with Gasteiger partial charge < -0.3 is 5.32 Å². The Morgan fingerprint density at radius 3 is 2.61 bits per heavy atom. The van der Waals surface area contributed by atoms with Crippen molar-refractivity contribution in [2.75, 3.05) is 6.54 Å². The zero-order valence-corrected chi connectivity index (χ0v) is 12.8. The number of hydrogen-bond donors (Lipinski definition) is 1. The van der Waals surface area contributed by atoms with Crippen molar-refractivity contribution in [3.8, 4) is 5.69 Å². The maximum absolute atomic E-state index is 12.3. The van der Waals surface area contributed by atoms with Gasteiger partial charge >= 0.3 is 0 Å². The summed E-state index contributed by atoms with van der Waals surface area (Å²) in [6, 6.07) is 15.2. The first-order valence-electron chi connectivity index (χ1n) is 7.41. The number of aromatic nitrogens is 4. The summed E-state index contributed by atoms with van der Waals surface area (Å²) in [5, 5.41) is 11.4. The molecule has 0 radical (unpaired) electrons. The van der Waals surface area contributed by atoms with Crippen molar-refractivity contribution in [3.63, 3.8) is 0 Å². The van der Waals surface area contributed by atoms with Crippen LogP contribution in [0.2, 0.25) is 0 Å². The molecule has 23 heavy (non-hydrogen) atoms. The minimum Gasteiger partial charge on any atom is -0.350 e. The molecular weight excluding hydrogens is 290 g/mol. The van der Waals surface area contributed by atoms with Crippen molar-refractivity contribution >= 4 is 5.91 Å². The molecule has 0 atom stereocenters. The third-order valence-corrected chi connectivity index (χ3v) is 3.38. The largest absolute Gasteiger partial charge is 0.350 e. The summed E-state index contributed by atoms with van der Waals surface area (Å²) in [7, 11) is 0. The van der Waals surface area contributed by atoms with Crippen LogP contribution in [-0.4, -0.2) is 32.4 Å². The topological polar surface area (TPSA) is 72.7 Å². The van der Waals surface area contributed by atoms with Gasteiger partial charge in [-0.15, -0.1) is 5.10 Å². The molecule has 0 spiro atoms. The first-order chi connectivity index (χ1) is 11.2. The Bertz CT molecular complexity index is 783. The van der Waals surface area contributed by atoms with E-state index in [1.165, 1.54) is 4.80 Å². The first kappa shape index (κ1) is 14.9. The van der Waals surface area contributed by atoms with Gasteiger partial charge in [0.15, 0.2) is 5.69 Å². The van der Waals surface area contributed by atoms with Crippen LogP contribution in [0.3, 0.4) is 0 Å². The zero-order valence-electron chi connectivity index (χ0n) is 12.8. The van der Waals surface area contributed by atoms with Gasteiger partial charge in [-0.2, -0.15) is 9.90 Å². The van der Waals surface area contributed by atoms with Gasteiger partial charge in [-0.05, 0) is 31.2 Å². The van der Waals surface area contributed by atoms with Crippen molar-refractivity contribution in [1.82, 2.24) is 25.3 Å². The SMILES string of the molecule is Cc1nn(-c2ccccc2)nc1C(=O)NCCc1ccccn1. The van der Waals surface area contributed by atoms with Gasteiger partial charge in [0.05, 0.1) is 11.4 Å². The smallest absolute Gasteiger partial charge is 0.273 e. The molecule has 0 saturated carbocycles. The molecule has 1 N–H and O–H groups in total. The fourth-order valence-electron chi connectivity index (χ4n) is 2.20. The summed E-state index contributed by atoms with van der Waals surface area (Å²) in [5.74, 6) is -0.222. The van der Waals surface area contributed by atoms with Gasteiger partial charge in [0.2, 0.25) is 0 Å². The van der Waals surface area contributed by atoms with Crippen LogP contribution in [0.15, 0.2) is 54.7 Å². The molecule has 1 aromatic carbocycles. The van der Waals surface area contributed by atoms with Gasteiger partial charge in [0, 0.05) is 24.9 Å². The maximum Gasteiger partial charge on any atom is 0.273 e. The van der Waals surface area contributed by atoms with Crippen LogP contribution in [0, 0.1) is 6.92 Å². The number of para-hydroxylation sites is 1. The lowest BCUT2D eigenvalue weighted by molar-refractivity contribution is 0.0948. The molecule has 3 rings (SSSR count). The van der Waals surface area contributed by atoms with Crippen LogP contribution in [-0.2, 0) is 6.42 Å². The highest BCUT2D eigenvalue weighted by Gasteiger charge is 2.15. The molecule has 0 aliphatic carbocycles. The first-order valence-corrected chi connectivity index (χ1v) is 7.41. The number of rotatable bonds is 5. The molecule has 2 aromatic heterocycles. The molecule has 0 saturated heterocycles. The highest BCUT2D eigenvalue weighted by molar-refractivity contribution is 5.93. The van der Waals surface area contributed by atoms with E-state index in [-0.39, 0.29) is 5.91 Å². The molecule has 6 heteroatoms. The number of nitrogens with one attached hydrogen (secondary N) is 1. The Kier molecular flexibility index (Phi) is 4.42. The van der Waals surface area contributed by atoms with E-state index in [1.807, 2.05) is 48.5 Å². The summed E-state index contributed by atoms with van der Waals surface area (Å²) < 4.78 is 0. The van der Waals surface area contributed by atoms with Crippen LogP contribution in [0.25, 0.3) is 5.69 Å². The van der Waals surface area contributed by atoms with Crippen molar-refractivity contribution in [2.24, 2.45) is 0 Å². The molecule has 0 bridgehead atoms. The third kappa shape index (κ3) is 3.60. The Labute approximate surface area is 134 Å². The minimum absolute atomic E-state index is 0.222. The van der Waals surface area contributed by atoms with E-state index >= 15 is 0 Å². The molecule has 1 amide bonds. The molecule has 2 heterocycles. The quantitative estimate of drug-likeness (QED) is 0.782. The zero-order chi connectivity index (χ0) is 16.1. The van der Waals surface area contributed by atoms with Crippen LogP contribution in [0.4, 0.5) is 0 Å². The summed E-state index contributed by atoms with van der Waals surface area (Å²) in [6.45, 7) is 2.29. The van der Waals surface area contributed by atoms with Crippen molar-refractivity contribution in [3.05, 3.63) is 71.8 Å². The fraction of sp³-hybridized carbons (Fsp3) is 0.176. The lowest BCUT2D eigenvalue weighted by atomic mass is 10.2. The van der Waals surface area contributed by atoms with Gasteiger partial charge in [0.1, 0.15) is 0 Å². The van der Waals surface area contributed by atoms with Crippen LogP contribution in [0.5, 0.6) is 0 Å². The number of amides is 1. The summed E-state index contributed by atoms with van der Waals surface area (Å²) in [4.78, 5) is 18.0. The summed E-state index contributed by atoms with van der Waals surface area (Å²) in [5.41, 5.74) is 2.71. The number of aryl methyl sites for hydroxylation is 1. The van der Waals surface area contributed by atoms with Gasteiger partial charge in [0.25, 0.3) is 5.91 Å². The van der Waals surface area contributed by atoms with Gasteiger partial charge in [-0.3, -0.25) is 9.78 Å². The highest BCUT2D eigenvalue weighted by Crippen LogP contribution is 2.08. The van der Waals surface area contributed by atoms with E-state index in [1.54, 1.807) is 13.1 Å². The van der Waals surface area contributed by atoms with Crippen molar-refractivity contribution < 1.29 is 4.79 Å². The predicted molar refractivity (Wildman–Crippen MR) is 86.4 cm³/mol. The number of carbonyl (C=O) groups excluding carboxylic acids is 1. The van der Waals surface area contributed by atoms with Crippen molar-refractivity contribution in [1.29, 1.82) is 0 Å². The summed E-state index contributed by atoms with van der Waals surface area (Å²) in [6.07, 6.45) is 2.42. The number of nitrogens with zero attached hydrogens (tertiary/aromatic N) is 4. The summed E-state index contributed by atoms with van der Waals surface area (Å²) >= 11 is 0. The van der Waals surface area contributed by atoms with E-state index in [2.05, 4.69) is 20.5 Å². The van der Waals surface area contributed by atoms with E-state index in [0.717, 1.165) is 11.4 Å². The second-order valence-electron chi connectivity index (χ2n) is 5.09. The third-order valence-electron chi connectivity index (χ3n) is 3.38. The van der Waals surface area contributed by atoms with Gasteiger partial charge in [-0.1, -0.05) is 24.3 Å². The molecule has 0 unspecified atom stereocenters. The van der Waals surface area contributed by atoms with E-state index in [4.69, 9.17) is 0 Å². The lowest BCUT2D eigenvalue weighted by Crippen LogP contribution is -2.27. The second-order valence-corrected chi connectivity index (χ2v) is 5.09. The van der Waals surface area contributed by atoms with E-state index < -0.39 is 0 Å². The van der Waals surface area contributed by atoms with Crippen LogP contribution >= 0.6 is 0 Å². The minimum atomic E-state index is -0.222. The second kappa shape index (κ2) is 6.83. The fourth-order valence-corrected chi connectivity index (χ4v) is 2.20. The standard InChI is InChI=1S/C17H17N5O/c1-13-16(21-22(20-13)15-8-3-2-4-9-15)17(23)19-12-10-14-7-5-6-11-18-14/h2-9,11H,10,12H2,1H3,(H,19,23). The molecule has 0 fully saturated rings. The predicted octanol–water partition coefficient (Wildman–Crippen LogP) is 1.94.